The van der Waals surface area contributed by atoms with Crippen LogP contribution in [0, 0.1) is 0 Å². The molecular weight excluding hydrogens is 308 g/mol. The van der Waals surface area contributed by atoms with Gasteiger partial charge in [-0.2, -0.15) is 0 Å². The number of esters is 1. The average molecular weight is 324 g/mol. The van der Waals surface area contributed by atoms with Gasteiger partial charge in [-0.1, -0.05) is 48.5 Å². The molecule has 2 rings (SSSR count). The number of carbonyl (C=O) groups is 3. The third-order valence-electron chi connectivity index (χ3n) is 2.86. The van der Waals surface area contributed by atoms with Crippen molar-refractivity contribution in [3.63, 3.8) is 0 Å². The molecule has 0 aromatic heterocycles. The van der Waals surface area contributed by atoms with Crippen molar-refractivity contribution in [3.8, 4) is 0 Å². The second kappa shape index (κ2) is 8.89. The topological polar surface area (TPSA) is 84.5 Å². The van der Waals surface area contributed by atoms with Gasteiger partial charge in [0.05, 0.1) is 0 Å². The Hall–Kier alpha value is -3.41. The highest BCUT2D eigenvalue weighted by molar-refractivity contribution is 6.06. The molecule has 0 saturated carbocycles. The minimum Gasteiger partial charge on any atom is -0.458 e. The van der Waals surface area contributed by atoms with Gasteiger partial charge in [-0.25, -0.2) is 9.59 Å². The van der Waals surface area contributed by atoms with Crippen LogP contribution in [0.15, 0.2) is 72.8 Å². The summed E-state index contributed by atoms with van der Waals surface area (Å²) in [5.74, 6) is -1.39. The third kappa shape index (κ3) is 6.15. The standard InChI is InChI=1S/C18H16N2O4/c21-16(20-18(23)19-15-9-5-2-6-10-15)11-12-17(22)24-13-14-7-3-1-4-8-14/h1-12H,13H2,(H2,19,20,21,23)/b12-11-. The highest BCUT2D eigenvalue weighted by atomic mass is 16.5. The molecule has 2 aromatic rings. The molecule has 2 aromatic carbocycles. The van der Waals surface area contributed by atoms with E-state index in [-0.39, 0.29) is 6.61 Å². The van der Waals surface area contributed by atoms with Gasteiger partial charge in [-0.15, -0.1) is 0 Å². The molecule has 0 saturated heterocycles. The van der Waals surface area contributed by atoms with Crippen molar-refractivity contribution >= 4 is 23.6 Å². The fraction of sp³-hybridized carbons (Fsp3) is 0.0556. The molecule has 0 atom stereocenters. The van der Waals surface area contributed by atoms with Crippen molar-refractivity contribution in [2.24, 2.45) is 0 Å². The lowest BCUT2D eigenvalue weighted by molar-refractivity contribution is -0.139. The van der Waals surface area contributed by atoms with Gasteiger partial charge in [0.1, 0.15) is 6.61 Å². The zero-order valence-corrected chi connectivity index (χ0v) is 12.8. The Kier molecular flexibility index (Phi) is 6.28. The normalized spacial score (nSPS) is 10.2. The smallest absolute Gasteiger partial charge is 0.331 e. The van der Waals surface area contributed by atoms with Crippen LogP contribution in [0.3, 0.4) is 0 Å². The molecule has 0 radical (unpaired) electrons. The molecule has 0 heterocycles. The van der Waals surface area contributed by atoms with E-state index in [0.717, 1.165) is 17.7 Å². The summed E-state index contributed by atoms with van der Waals surface area (Å²) < 4.78 is 4.97. The second-order valence-electron chi connectivity index (χ2n) is 4.74. The maximum Gasteiger partial charge on any atom is 0.331 e. The monoisotopic (exact) mass is 324 g/mol. The van der Waals surface area contributed by atoms with Crippen molar-refractivity contribution in [3.05, 3.63) is 78.4 Å². The van der Waals surface area contributed by atoms with Crippen LogP contribution in [0.4, 0.5) is 10.5 Å². The van der Waals surface area contributed by atoms with E-state index in [2.05, 4.69) is 10.6 Å². The van der Waals surface area contributed by atoms with Crippen LogP contribution in [-0.4, -0.2) is 17.9 Å². The predicted molar refractivity (Wildman–Crippen MR) is 89.0 cm³/mol. The van der Waals surface area contributed by atoms with E-state index in [4.69, 9.17) is 4.74 Å². The van der Waals surface area contributed by atoms with Gasteiger partial charge in [0.2, 0.25) is 0 Å². The summed E-state index contributed by atoms with van der Waals surface area (Å²) >= 11 is 0. The number of rotatable bonds is 5. The van der Waals surface area contributed by atoms with E-state index >= 15 is 0 Å². The highest BCUT2D eigenvalue weighted by Crippen LogP contribution is 2.04. The molecule has 0 spiro atoms. The minimum atomic E-state index is -0.722. The Morgan fingerprint density at radius 1 is 0.875 bits per heavy atom. The third-order valence-corrected chi connectivity index (χ3v) is 2.86. The summed E-state index contributed by atoms with van der Waals surface area (Å²) in [6.45, 7) is 0.111. The van der Waals surface area contributed by atoms with Crippen molar-refractivity contribution in [2.45, 2.75) is 6.61 Å². The minimum absolute atomic E-state index is 0.111. The molecule has 6 heteroatoms. The van der Waals surface area contributed by atoms with Crippen molar-refractivity contribution in [1.82, 2.24) is 5.32 Å². The van der Waals surface area contributed by atoms with E-state index in [9.17, 15) is 14.4 Å². The lowest BCUT2D eigenvalue weighted by Gasteiger charge is -2.04. The quantitative estimate of drug-likeness (QED) is 0.654. The summed E-state index contributed by atoms with van der Waals surface area (Å²) in [7, 11) is 0. The van der Waals surface area contributed by atoms with Crippen LogP contribution in [-0.2, 0) is 20.9 Å². The SMILES string of the molecule is O=C(/C=C\C(=O)OCc1ccccc1)NC(=O)Nc1ccccc1. The first-order valence-corrected chi connectivity index (χ1v) is 7.19. The molecule has 2 N–H and O–H groups in total. The summed E-state index contributed by atoms with van der Waals surface area (Å²) in [5.41, 5.74) is 1.39. The first kappa shape index (κ1) is 17.0. The van der Waals surface area contributed by atoms with Crippen molar-refractivity contribution < 1.29 is 19.1 Å². The fourth-order valence-corrected chi connectivity index (χ4v) is 1.76. The maximum absolute atomic E-state index is 11.6. The molecule has 3 amide bonds. The second-order valence-corrected chi connectivity index (χ2v) is 4.74. The number of urea groups is 1. The molecule has 122 valence electrons. The number of amides is 3. The van der Waals surface area contributed by atoms with Crippen LogP contribution in [0.2, 0.25) is 0 Å². The van der Waals surface area contributed by atoms with E-state index in [1.807, 2.05) is 30.3 Å². The van der Waals surface area contributed by atoms with Crippen LogP contribution < -0.4 is 10.6 Å². The van der Waals surface area contributed by atoms with Crippen LogP contribution in [0.25, 0.3) is 0 Å². The van der Waals surface area contributed by atoms with Crippen molar-refractivity contribution in [1.29, 1.82) is 0 Å². The van der Waals surface area contributed by atoms with E-state index in [0.29, 0.717) is 5.69 Å². The fourth-order valence-electron chi connectivity index (χ4n) is 1.76. The summed E-state index contributed by atoms with van der Waals surface area (Å²) in [6.07, 6.45) is 1.91. The van der Waals surface area contributed by atoms with E-state index in [1.165, 1.54) is 0 Å². The van der Waals surface area contributed by atoms with Gasteiger partial charge >= 0.3 is 12.0 Å². The first-order valence-electron chi connectivity index (χ1n) is 7.19. The average Bonchev–Trinajstić information content (AvgIpc) is 2.60. The largest absolute Gasteiger partial charge is 0.458 e. The molecule has 0 bridgehead atoms. The summed E-state index contributed by atoms with van der Waals surface area (Å²) in [4.78, 5) is 34.6. The predicted octanol–water partition coefficient (Wildman–Crippen LogP) is 2.63. The Balaban J connectivity index is 1.73. The molecule has 6 nitrogen and oxygen atoms in total. The molecule has 0 aliphatic heterocycles. The molecular formula is C18H16N2O4. The lowest BCUT2D eigenvalue weighted by atomic mass is 10.2. The van der Waals surface area contributed by atoms with E-state index < -0.39 is 17.9 Å². The van der Waals surface area contributed by atoms with Crippen molar-refractivity contribution in [2.75, 3.05) is 5.32 Å². The van der Waals surface area contributed by atoms with Gasteiger partial charge < -0.3 is 10.1 Å². The van der Waals surface area contributed by atoms with Gasteiger partial charge in [0, 0.05) is 17.8 Å². The van der Waals surface area contributed by atoms with Gasteiger partial charge in [0.15, 0.2) is 0 Å². The number of ether oxygens (including phenoxy) is 1. The molecule has 0 unspecified atom stereocenters. The van der Waals surface area contributed by atoms with Gasteiger partial charge in [-0.3, -0.25) is 10.1 Å². The molecule has 24 heavy (non-hydrogen) atoms. The van der Waals surface area contributed by atoms with Gasteiger partial charge in [-0.05, 0) is 17.7 Å². The lowest BCUT2D eigenvalue weighted by Crippen LogP contribution is -2.33. The molecule has 0 aliphatic carbocycles. The zero-order chi connectivity index (χ0) is 17.2. The summed E-state index contributed by atoms with van der Waals surface area (Å²) in [6, 6.07) is 17.1. The Bertz CT molecular complexity index is 727. The Morgan fingerprint density at radius 2 is 1.50 bits per heavy atom. The Morgan fingerprint density at radius 3 is 2.17 bits per heavy atom. The number of carbonyl (C=O) groups excluding carboxylic acids is 3. The number of imide groups is 1. The highest BCUT2D eigenvalue weighted by Gasteiger charge is 2.06. The number of benzene rings is 2. The van der Waals surface area contributed by atoms with E-state index in [1.54, 1.807) is 30.3 Å². The Labute approximate surface area is 139 Å². The molecule has 0 aliphatic rings. The number of para-hydroxylation sites is 1. The number of hydrogen-bond donors (Lipinski definition) is 2. The zero-order valence-electron chi connectivity index (χ0n) is 12.8. The number of nitrogens with one attached hydrogen (secondary N) is 2. The first-order chi connectivity index (χ1) is 11.6. The van der Waals surface area contributed by atoms with Crippen LogP contribution >= 0.6 is 0 Å². The summed E-state index contributed by atoms with van der Waals surface area (Å²) in [5, 5.41) is 4.56. The number of anilines is 1. The number of hydrogen-bond acceptors (Lipinski definition) is 4. The maximum atomic E-state index is 11.6. The van der Waals surface area contributed by atoms with Crippen LogP contribution in [0.5, 0.6) is 0 Å². The van der Waals surface area contributed by atoms with Crippen LogP contribution in [0.1, 0.15) is 5.56 Å². The van der Waals surface area contributed by atoms with Gasteiger partial charge in [0.25, 0.3) is 5.91 Å². The molecule has 0 fully saturated rings.